The largest absolute Gasteiger partial charge is 0.339 e. The first-order chi connectivity index (χ1) is 10.8. The van der Waals surface area contributed by atoms with Gasteiger partial charge in [0.2, 0.25) is 15.9 Å². The van der Waals surface area contributed by atoms with Crippen LogP contribution in [-0.2, 0) is 21.4 Å². The number of benzene rings is 1. The number of carbonyl (C=O) groups excluding carboxylic acids is 1. The van der Waals surface area contributed by atoms with Crippen LogP contribution in [0.15, 0.2) is 24.3 Å². The van der Waals surface area contributed by atoms with E-state index in [-0.39, 0.29) is 19.0 Å². The molecule has 0 atom stereocenters. The Hall–Kier alpha value is -1.44. The van der Waals surface area contributed by atoms with E-state index in [1.165, 1.54) is 4.31 Å². The number of piperazine rings is 1. The minimum atomic E-state index is -3.45. The van der Waals surface area contributed by atoms with Gasteiger partial charge in [0, 0.05) is 32.7 Å². The van der Waals surface area contributed by atoms with Crippen LogP contribution in [0, 0.1) is 6.92 Å². The van der Waals surface area contributed by atoms with Crippen molar-refractivity contribution in [2.45, 2.75) is 13.5 Å². The lowest BCUT2D eigenvalue weighted by Crippen LogP contribution is -2.50. The van der Waals surface area contributed by atoms with Crippen LogP contribution in [0.2, 0.25) is 0 Å². The Labute approximate surface area is 138 Å². The Balaban J connectivity index is 2.06. The summed E-state index contributed by atoms with van der Waals surface area (Å²) in [5.41, 5.74) is 1.96. The summed E-state index contributed by atoms with van der Waals surface area (Å²) in [6.07, 6.45) is 1.15. The second kappa shape index (κ2) is 7.42. The van der Waals surface area contributed by atoms with Crippen molar-refractivity contribution in [2.24, 2.45) is 0 Å². The van der Waals surface area contributed by atoms with Gasteiger partial charge >= 0.3 is 0 Å². The molecule has 0 saturated carbocycles. The average Bonchev–Trinajstić information content (AvgIpc) is 2.46. The first-order valence-electron chi connectivity index (χ1n) is 7.72. The maximum atomic E-state index is 12.4. The standard InChI is InChI=1S/C16H25N3O3S/c1-14-5-4-6-15(11-14)12-19(23(3,21)22)13-16(20)18-9-7-17(2)8-10-18/h4-6,11H,7-10,12-13H2,1-3H3. The molecule has 0 N–H and O–H groups in total. The maximum absolute atomic E-state index is 12.4. The zero-order chi connectivity index (χ0) is 17.0. The van der Waals surface area contributed by atoms with Gasteiger partial charge in [-0.15, -0.1) is 0 Å². The van der Waals surface area contributed by atoms with Crippen molar-refractivity contribution in [1.29, 1.82) is 0 Å². The van der Waals surface area contributed by atoms with Crippen molar-refractivity contribution in [3.8, 4) is 0 Å². The number of hydrogen-bond donors (Lipinski definition) is 0. The van der Waals surface area contributed by atoms with Crippen molar-refractivity contribution in [1.82, 2.24) is 14.1 Å². The Morgan fingerprint density at radius 1 is 1.22 bits per heavy atom. The van der Waals surface area contributed by atoms with Crippen LogP contribution < -0.4 is 0 Å². The van der Waals surface area contributed by atoms with E-state index in [1.54, 1.807) is 4.90 Å². The van der Waals surface area contributed by atoms with E-state index in [1.807, 2.05) is 38.2 Å². The smallest absolute Gasteiger partial charge is 0.237 e. The molecule has 1 aliphatic rings. The molecule has 6 nitrogen and oxygen atoms in total. The molecule has 1 aromatic rings. The third-order valence-corrected chi connectivity index (χ3v) is 5.27. The highest BCUT2D eigenvalue weighted by Crippen LogP contribution is 2.11. The molecule has 0 unspecified atom stereocenters. The molecule has 2 rings (SSSR count). The fourth-order valence-electron chi connectivity index (χ4n) is 2.61. The number of sulfonamides is 1. The van der Waals surface area contributed by atoms with Gasteiger partial charge in [-0.05, 0) is 19.5 Å². The molecule has 1 amide bonds. The second-order valence-corrected chi connectivity index (χ2v) is 8.19. The molecule has 0 bridgehead atoms. The van der Waals surface area contributed by atoms with Gasteiger partial charge in [-0.3, -0.25) is 4.79 Å². The van der Waals surface area contributed by atoms with E-state index >= 15 is 0 Å². The predicted molar refractivity (Wildman–Crippen MR) is 90.5 cm³/mol. The summed E-state index contributed by atoms with van der Waals surface area (Å²) in [6, 6.07) is 7.68. The fourth-order valence-corrected chi connectivity index (χ4v) is 3.34. The lowest BCUT2D eigenvalue weighted by Gasteiger charge is -2.33. The third-order valence-electron chi connectivity index (χ3n) is 4.08. The number of carbonyl (C=O) groups is 1. The Bertz CT molecular complexity index is 652. The van der Waals surface area contributed by atoms with E-state index in [9.17, 15) is 13.2 Å². The molecule has 0 spiro atoms. The number of likely N-dealkylation sites (N-methyl/N-ethyl adjacent to an activating group) is 1. The summed E-state index contributed by atoms with van der Waals surface area (Å²) >= 11 is 0. The highest BCUT2D eigenvalue weighted by molar-refractivity contribution is 7.88. The molecule has 0 radical (unpaired) electrons. The first kappa shape index (κ1) is 17.9. The molecular formula is C16H25N3O3S. The van der Waals surface area contributed by atoms with Gasteiger partial charge in [-0.1, -0.05) is 29.8 Å². The van der Waals surface area contributed by atoms with Crippen LogP contribution in [0.4, 0.5) is 0 Å². The van der Waals surface area contributed by atoms with Gasteiger partial charge in [0.25, 0.3) is 0 Å². The monoisotopic (exact) mass is 339 g/mol. The fraction of sp³-hybridized carbons (Fsp3) is 0.562. The number of nitrogens with zero attached hydrogens (tertiary/aromatic N) is 3. The predicted octanol–water partition coefficient (Wildman–Crippen LogP) is 0.531. The molecule has 23 heavy (non-hydrogen) atoms. The summed E-state index contributed by atoms with van der Waals surface area (Å²) in [5, 5.41) is 0. The minimum absolute atomic E-state index is 0.101. The molecule has 1 aromatic carbocycles. The van der Waals surface area contributed by atoms with E-state index in [0.29, 0.717) is 13.1 Å². The number of hydrogen-bond acceptors (Lipinski definition) is 4. The summed E-state index contributed by atoms with van der Waals surface area (Å²) in [6.45, 7) is 5.03. The van der Waals surface area contributed by atoms with E-state index in [0.717, 1.165) is 30.5 Å². The molecule has 1 fully saturated rings. The van der Waals surface area contributed by atoms with Crippen molar-refractivity contribution in [2.75, 3.05) is 46.0 Å². The summed E-state index contributed by atoms with van der Waals surface area (Å²) in [4.78, 5) is 16.3. The van der Waals surface area contributed by atoms with Gasteiger partial charge < -0.3 is 9.80 Å². The zero-order valence-corrected chi connectivity index (χ0v) is 14.8. The normalized spacial score (nSPS) is 16.8. The first-order valence-corrected chi connectivity index (χ1v) is 9.57. The van der Waals surface area contributed by atoms with Crippen molar-refractivity contribution in [3.05, 3.63) is 35.4 Å². The van der Waals surface area contributed by atoms with E-state index in [2.05, 4.69) is 4.90 Å². The third kappa shape index (κ3) is 5.30. The maximum Gasteiger partial charge on any atom is 0.237 e. The number of rotatable bonds is 5. The van der Waals surface area contributed by atoms with Crippen LogP contribution in [0.5, 0.6) is 0 Å². The summed E-state index contributed by atoms with van der Waals surface area (Å²) in [7, 11) is -1.43. The zero-order valence-electron chi connectivity index (χ0n) is 14.0. The van der Waals surface area contributed by atoms with Crippen LogP contribution in [-0.4, -0.2) is 74.5 Å². The van der Waals surface area contributed by atoms with Gasteiger partial charge in [0.15, 0.2) is 0 Å². The molecule has 0 aromatic heterocycles. The van der Waals surface area contributed by atoms with Crippen molar-refractivity contribution < 1.29 is 13.2 Å². The van der Waals surface area contributed by atoms with Gasteiger partial charge in [-0.25, -0.2) is 8.42 Å². The SMILES string of the molecule is Cc1cccc(CN(CC(=O)N2CCN(C)CC2)S(C)(=O)=O)c1. The quantitative estimate of drug-likeness (QED) is 0.785. The molecule has 1 heterocycles. The summed E-state index contributed by atoms with van der Waals surface area (Å²) in [5.74, 6) is -0.129. The number of aryl methyl sites for hydroxylation is 1. The van der Waals surface area contributed by atoms with Gasteiger partial charge in [0.1, 0.15) is 0 Å². The van der Waals surface area contributed by atoms with Crippen LogP contribution in [0.1, 0.15) is 11.1 Å². The topological polar surface area (TPSA) is 60.9 Å². The highest BCUT2D eigenvalue weighted by Gasteiger charge is 2.25. The van der Waals surface area contributed by atoms with Crippen LogP contribution in [0.25, 0.3) is 0 Å². The highest BCUT2D eigenvalue weighted by atomic mass is 32.2. The summed E-state index contributed by atoms with van der Waals surface area (Å²) < 4.78 is 25.3. The van der Waals surface area contributed by atoms with Gasteiger partial charge in [-0.2, -0.15) is 4.31 Å². The molecule has 0 aliphatic carbocycles. The Kier molecular flexibility index (Phi) is 5.78. The minimum Gasteiger partial charge on any atom is -0.339 e. The van der Waals surface area contributed by atoms with Crippen molar-refractivity contribution >= 4 is 15.9 Å². The molecule has 128 valence electrons. The van der Waals surface area contributed by atoms with Crippen molar-refractivity contribution in [3.63, 3.8) is 0 Å². The molecule has 1 aliphatic heterocycles. The number of amides is 1. The Morgan fingerprint density at radius 3 is 2.43 bits per heavy atom. The van der Waals surface area contributed by atoms with E-state index in [4.69, 9.17) is 0 Å². The second-order valence-electron chi connectivity index (χ2n) is 6.20. The lowest BCUT2D eigenvalue weighted by atomic mass is 10.1. The molecule has 1 saturated heterocycles. The average molecular weight is 339 g/mol. The molecular weight excluding hydrogens is 314 g/mol. The van der Waals surface area contributed by atoms with Gasteiger partial charge in [0.05, 0.1) is 12.8 Å². The molecule has 7 heteroatoms. The van der Waals surface area contributed by atoms with Crippen LogP contribution >= 0.6 is 0 Å². The lowest BCUT2D eigenvalue weighted by molar-refractivity contribution is -0.133. The van der Waals surface area contributed by atoms with E-state index < -0.39 is 10.0 Å². The van der Waals surface area contributed by atoms with Crippen LogP contribution in [0.3, 0.4) is 0 Å². The Morgan fingerprint density at radius 2 is 1.87 bits per heavy atom.